The molecule has 0 saturated carbocycles. The number of aromatic nitrogens is 4. The van der Waals surface area contributed by atoms with Crippen molar-refractivity contribution in [3.63, 3.8) is 0 Å². The molecule has 0 atom stereocenters. The van der Waals surface area contributed by atoms with Crippen molar-refractivity contribution in [3.8, 4) is 5.69 Å². The minimum atomic E-state index is 0.236. The zero-order chi connectivity index (χ0) is 15.4. The van der Waals surface area contributed by atoms with E-state index >= 15 is 0 Å². The lowest BCUT2D eigenvalue weighted by molar-refractivity contribution is -0.129. The van der Waals surface area contributed by atoms with Crippen molar-refractivity contribution < 1.29 is 4.79 Å². The second-order valence-corrected chi connectivity index (χ2v) is 6.46. The summed E-state index contributed by atoms with van der Waals surface area (Å²) >= 11 is 1.52. The molecule has 1 fully saturated rings. The van der Waals surface area contributed by atoms with Crippen LogP contribution in [0.25, 0.3) is 5.69 Å². The summed E-state index contributed by atoms with van der Waals surface area (Å²) in [5, 5.41) is 12.5. The molecule has 0 radical (unpaired) electrons. The van der Waals surface area contributed by atoms with Crippen molar-refractivity contribution in [1.82, 2.24) is 25.1 Å². The molecule has 3 rings (SSSR count). The van der Waals surface area contributed by atoms with E-state index in [4.69, 9.17) is 0 Å². The third kappa shape index (κ3) is 3.47. The number of carbonyl (C=O) groups is 1. The number of nitrogens with zero attached hydrogens (tertiary/aromatic N) is 5. The van der Waals surface area contributed by atoms with Gasteiger partial charge in [-0.3, -0.25) is 4.79 Å². The van der Waals surface area contributed by atoms with E-state index in [1.54, 1.807) is 4.68 Å². The zero-order valence-corrected chi connectivity index (χ0v) is 13.4. The molecule has 0 aliphatic carbocycles. The predicted octanol–water partition coefficient (Wildman–Crippen LogP) is 2.08. The summed E-state index contributed by atoms with van der Waals surface area (Å²) in [5.74, 6) is 0.932. The number of likely N-dealkylation sites (tertiary alicyclic amines) is 1. The van der Waals surface area contributed by atoms with Crippen molar-refractivity contribution in [2.24, 2.45) is 0 Å². The first-order chi connectivity index (χ1) is 10.7. The highest BCUT2D eigenvalue weighted by atomic mass is 32.2. The summed E-state index contributed by atoms with van der Waals surface area (Å²) in [5.41, 5.74) is 2.13. The van der Waals surface area contributed by atoms with E-state index in [-0.39, 0.29) is 5.91 Å². The van der Waals surface area contributed by atoms with Crippen LogP contribution in [0.4, 0.5) is 0 Å². The van der Waals surface area contributed by atoms with E-state index in [0.717, 1.165) is 36.8 Å². The quantitative estimate of drug-likeness (QED) is 0.790. The summed E-state index contributed by atoms with van der Waals surface area (Å²) in [6.45, 7) is 3.86. The van der Waals surface area contributed by atoms with Crippen LogP contribution in [-0.4, -0.2) is 49.9 Å². The Hall–Kier alpha value is -1.89. The Morgan fingerprint density at radius 2 is 1.95 bits per heavy atom. The largest absolute Gasteiger partial charge is 0.343 e. The van der Waals surface area contributed by atoms with E-state index in [2.05, 4.69) is 15.5 Å². The van der Waals surface area contributed by atoms with Crippen LogP contribution in [0.5, 0.6) is 0 Å². The zero-order valence-electron chi connectivity index (χ0n) is 12.6. The van der Waals surface area contributed by atoms with Crippen LogP contribution in [0, 0.1) is 6.92 Å². The van der Waals surface area contributed by atoms with Crippen molar-refractivity contribution in [2.45, 2.75) is 31.3 Å². The minimum absolute atomic E-state index is 0.236. The Kier molecular flexibility index (Phi) is 4.72. The lowest BCUT2D eigenvalue weighted by atomic mass is 10.2. The normalized spacial score (nSPS) is 14.5. The average Bonchev–Trinajstić information content (AvgIpc) is 3.19. The van der Waals surface area contributed by atoms with Gasteiger partial charge in [-0.15, -0.1) is 5.10 Å². The maximum Gasteiger partial charge on any atom is 0.223 e. The van der Waals surface area contributed by atoms with Crippen LogP contribution < -0.4 is 0 Å². The van der Waals surface area contributed by atoms with Crippen LogP contribution in [0.15, 0.2) is 29.4 Å². The van der Waals surface area contributed by atoms with Crippen molar-refractivity contribution >= 4 is 17.7 Å². The van der Waals surface area contributed by atoms with Crippen LogP contribution >= 0.6 is 11.8 Å². The molecule has 22 heavy (non-hydrogen) atoms. The molecule has 1 aliphatic rings. The molecule has 116 valence electrons. The number of aryl methyl sites for hydroxylation is 1. The number of thioether (sulfide) groups is 1. The first-order valence-electron chi connectivity index (χ1n) is 7.50. The van der Waals surface area contributed by atoms with Gasteiger partial charge in [0, 0.05) is 25.3 Å². The number of hydrogen-bond donors (Lipinski definition) is 0. The fraction of sp³-hybridized carbons (Fsp3) is 0.467. The highest BCUT2D eigenvalue weighted by Gasteiger charge is 2.18. The monoisotopic (exact) mass is 317 g/mol. The second-order valence-electron chi connectivity index (χ2n) is 5.40. The molecule has 0 spiro atoms. The molecule has 7 heteroatoms. The molecule has 1 aromatic carbocycles. The summed E-state index contributed by atoms with van der Waals surface area (Å²) in [6.07, 6.45) is 2.79. The van der Waals surface area contributed by atoms with E-state index in [0.29, 0.717) is 12.2 Å². The molecule has 0 unspecified atom stereocenters. The van der Waals surface area contributed by atoms with Crippen LogP contribution in [-0.2, 0) is 4.79 Å². The molecule has 0 N–H and O–H groups in total. The first-order valence-corrected chi connectivity index (χ1v) is 8.48. The highest BCUT2D eigenvalue weighted by molar-refractivity contribution is 7.99. The summed E-state index contributed by atoms with van der Waals surface area (Å²) < 4.78 is 1.71. The highest BCUT2D eigenvalue weighted by Crippen LogP contribution is 2.20. The SMILES string of the molecule is Cc1ccc(-n2nnnc2SCCC(=O)N2CCCC2)cc1. The first kappa shape index (κ1) is 15.0. The predicted molar refractivity (Wildman–Crippen MR) is 85.0 cm³/mol. The molecular weight excluding hydrogens is 298 g/mol. The van der Waals surface area contributed by atoms with E-state index in [1.807, 2.05) is 36.1 Å². The molecule has 0 bridgehead atoms. The molecule has 2 aromatic rings. The Morgan fingerprint density at radius 3 is 2.68 bits per heavy atom. The molecule has 2 heterocycles. The summed E-state index contributed by atoms with van der Waals surface area (Å²) in [7, 11) is 0. The maximum absolute atomic E-state index is 12.0. The summed E-state index contributed by atoms with van der Waals surface area (Å²) in [6, 6.07) is 8.04. The molecule has 1 aromatic heterocycles. The van der Waals surface area contributed by atoms with Crippen molar-refractivity contribution in [1.29, 1.82) is 0 Å². The fourth-order valence-electron chi connectivity index (χ4n) is 2.47. The second kappa shape index (κ2) is 6.91. The molecule has 1 amide bonds. The lowest BCUT2D eigenvalue weighted by Gasteiger charge is -2.14. The van der Waals surface area contributed by atoms with Gasteiger partial charge in [0.15, 0.2) is 0 Å². The van der Waals surface area contributed by atoms with E-state index in [9.17, 15) is 4.79 Å². The van der Waals surface area contributed by atoms with Gasteiger partial charge < -0.3 is 4.90 Å². The third-order valence-corrected chi connectivity index (χ3v) is 4.65. The van der Waals surface area contributed by atoms with E-state index in [1.165, 1.54) is 17.3 Å². The lowest BCUT2D eigenvalue weighted by Crippen LogP contribution is -2.27. The summed E-state index contributed by atoms with van der Waals surface area (Å²) in [4.78, 5) is 14.0. The van der Waals surface area contributed by atoms with Crippen molar-refractivity contribution in [3.05, 3.63) is 29.8 Å². The average molecular weight is 317 g/mol. The van der Waals surface area contributed by atoms with Crippen LogP contribution in [0.1, 0.15) is 24.8 Å². The maximum atomic E-state index is 12.0. The van der Waals surface area contributed by atoms with Crippen LogP contribution in [0.2, 0.25) is 0 Å². The van der Waals surface area contributed by atoms with Gasteiger partial charge in [0.25, 0.3) is 0 Å². The van der Waals surface area contributed by atoms with Gasteiger partial charge in [-0.25, -0.2) is 0 Å². The topological polar surface area (TPSA) is 63.9 Å². The van der Waals surface area contributed by atoms with Gasteiger partial charge in [0.2, 0.25) is 11.1 Å². The smallest absolute Gasteiger partial charge is 0.223 e. The Morgan fingerprint density at radius 1 is 1.23 bits per heavy atom. The Balaban J connectivity index is 1.58. The standard InChI is InChI=1S/C15H19N5OS/c1-12-4-6-13(7-5-12)20-15(16-17-18-20)22-11-8-14(21)19-9-2-3-10-19/h4-7H,2-3,8-11H2,1H3. The number of hydrogen-bond acceptors (Lipinski definition) is 5. The number of tetrazole rings is 1. The van der Waals surface area contributed by atoms with Gasteiger partial charge in [-0.1, -0.05) is 29.5 Å². The van der Waals surface area contributed by atoms with Crippen molar-refractivity contribution in [2.75, 3.05) is 18.8 Å². The van der Waals surface area contributed by atoms with Gasteiger partial charge in [0.1, 0.15) is 0 Å². The number of carbonyl (C=O) groups excluding carboxylic acids is 1. The molecule has 1 aliphatic heterocycles. The van der Waals surface area contributed by atoms with E-state index < -0.39 is 0 Å². The van der Waals surface area contributed by atoms with Crippen LogP contribution in [0.3, 0.4) is 0 Å². The minimum Gasteiger partial charge on any atom is -0.343 e. The number of rotatable bonds is 5. The fourth-order valence-corrected chi connectivity index (χ4v) is 3.29. The molecule has 6 nitrogen and oxygen atoms in total. The third-order valence-electron chi connectivity index (χ3n) is 3.73. The van der Waals surface area contributed by atoms with Gasteiger partial charge in [-0.2, -0.15) is 4.68 Å². The van der Waals surface area contributed by atoms with Gasteiger partial charge in [-0.05, 0) is 42.3 Å². The molecular formula is C15H19N5OS. The number of amides is 1. The Labute approximate surface area is 133 Å². The van der Waals surface area contributed by atoms with Gasteiger partial charge >= 0.3 is 0 Å². The number of benzene rings is 1. The Bertz CT molecular complexity index is 634. The van der Waals surface area contributed by atoms with Gasteiger partial charge in [0.05, 0.1) is 5.69 Å². The molecule has 1 saturated heterocycles.